The van der Waals surface area contributed by atoms with E-state index >= 15 is 0 Å². The molecular weight excluding hydrogens is 477 g/mol. The molecule has 1 aliphatic heterocycles. The third kappa shape index (κ3) is 3.86. The molecule has 3 heterocycles. The van der Waals surface area contributed by atoms with Gasteiger partial charge in [-0.05, 0) is 72.9 Å². The highest BCUT2D eigenvalue weighted by Crippen LogP contribution is 2.42. The van der Waals surface area contributed by atoms with E-state index in [2.05, 4.69) is 26.2 Å². The van der Waals surface area contributed by atoms with E-state index in [0.29, 0.717) is 5.11 Å². The van der Waals surface area contributed by atoms with Crippen molar-refractivity contribution < 1.29 is 8.81 Å². The van der Waals surface area contributed by atoms with E-state index in [9.17, 15) is 4.39 Å². The van der Waals surface area contributed by atoms with Gasteiger partial charge < -0.3 is 14.6 Å². The van der Waals surface area contributed by atoms with Crippen LogP contribution in [0.3, 0.4) is 0 Å². The Labute approximate surface area is 192 Å². The van der Waals surface area contributed by atoms with E-state index in [4.69, 9.17) is 16.6 Å². The molecule has 2 aromatic heterocycles. The molecule has 0 amide bonds. The molecule has 0 aliphatic carbocycles. The van der Waals surface area contributed by atoms with Gasteiger partial charge in [-0.1, -0.05) is 34.1 Å². The van der Waals surface area contributed by atoms with Gasteiger partial charge in [-0.25, -0.2) is 4.39 Å². The summed E-state index contributed by atoms with van der Waals surface area (Å²) in [5.74, 6) is 1.21. The van der Waals surface area contributed by atoms with Crippen molar-refractivity contribution in [2.24, 2.45) is 0 Å². The average Bonchev–Trinajstić information content (AvgIpc) is 3.40. The summed E-state index contributed by atoms with van der Waals surface area (Å²) in [7, 11) is 0. The molecule has 1 N–H and O–H groups in total. The standard InChI is InChI=1S/C24H17BrFN3OS/c25-16-6-4-15(5-7-16)20-12-13-21(30-20)23-22(19-3-1-2-14-27-19)28-24(31)29(23)18-10-8-17(26)9-11-18/h1-14,22-23H,(H,28,31)/t22-,23+/m0/s1. The van der Waals surface area contributed by atoms with E-state index in [1.807, 2.05) is 59.5 Å². The molecule has 4 nitrogen and oxygen atoms in total. The maximum absolute atomic E-state index is 13.6. The number of nitrogens with zero attached hydrogens (tertiary/aromatic N) is 2. The fourth-order valence-electron chi connectivity index (χ4n) is 3.80. The van der Waals surface area contributed by atoms with Crippen molar-refractivity contribution in [1.82, 2.24) is 10.3 Å². The molecular formula is C24H17BrFN3OS. The third-order valence-electron chi connectivity index (χ3n) is 5.25. The summed E-state index contributed by atoms with van der Waals surface area (Å²) in [6, 6.07) is 23.4. The van der Waals surface area contributed by atoms with Crippen LogP contribution in [0.4, 0.5) is 10.1 Å². The van der Waals surface area contributed by atoms with Gasteiger partial charge in [0.1, 0.15) is 23.4 Å². The molecule has 1 saturated heterocycles. The maximum Gasteiger partial charge on any atom is 0.174 e. The molecule has 7 heteroatoms. The Morgan fingerprint density at radius 1 is 0.968 bits per heavy atom. The van der Waals surface area contributed by atoms with E-state index in [1.165, 1.54) is 12.1 Å². The van der Waals surface area contributed by atoms with Crippen molar-refractivity contribution in [3.8, 4) is 11.3 Å². The summed E-state index contributed by atoms with van der Waals surface area (Å²) in [6.45, 7) is 0. The Balaban J connectivity index is 1.59. The molecule has 0 saturated carbocycles. The molecule has 1 fully saturated rings. The van der Waals surface area contributed by atoms with Crippen LogP contribution in [-0.2, 0) is 0 Å². The third-order valence-corrected chi connectivity index (χ3v) is 6.09. The van der Waals surface area contributed by atoms with E-state index in [1.54, 1.807) is 18.3 Å². The summed E-state index contributed by atoms with van der Waals surface area (Å²) in [6.07, 6.45) is 1.76. The Morgan fingerprint density at radius 2 is 1.74 bits per heavy atom. The van der Waals surface area contributed by atoms with Gasteiger partial charge in [0.05, 0.1) is 11.7 Å². The minimum Gasteiger partial charge on any atom is -0.459 e. The highest BCUT2D eigenvalue weighted by atomic mass is 79.9. The SMILES string of the molecule is Fc1ccc(N2C(=S)N[C@@H](c3ccccn3)[C@H]2c2ccc(-c3ccc(Br)cc3)o2)cc1. The molecule has 5 rings (SSSR count). The maximum atomic E-state index is 13.6. The molecule has 2 atom stereocenters. The van der Waals surface area contributed by atoms with E-state index in [0.717, 1.165) is 32.9 Å². The van der Waals surface area contributed by atoms with Crippen molar-refractivity contribution in [1.29, 1.82) is 0 Å². The second-order valence-corrected chi connectivity index (χ2v) is 8.48. The van der Waals surface area contributed by atoms with Gasteiger partial charge in [-0.3, -0.25) is 4.98 Å². The first-order valence-electron chi connectivity index (χ1n) is 9.72. The highest BCUT2D eigenvalue weighted by molar-refractivity contribution is 9.10. The first-order valence-corrected chi connectivity index (χ1v) is 10.9. The largest absolute Gasteiger partial charge is 0.459 e. The number of benzene rings is 2. The van der Waals surface area contributed by atoms with Crippen LogP contribution in [-0.4, -0.2) is 10.1 Å². The van der Waals surface area contributed by atoms with Crippen LogP contribution in [0.5, 0.6) is 0 Å². The Bertz CT molecular complexity index is 1210. The Hall–Kier alpha value is -3.03. The predicted octanol–water partition coefficient (Wildman–Crippen LogP) is 6.42. The lowest BCUT2D eigenvalue weighted by Gasteiger charge is -2.26. The normalized spacial score (nSPS) is 18.3. The summed E-state index contributed by atoms with van der Waals surface area (Å²) in [5, 5.41) is 3.91. The van der Waals surface area contributed by atoms with Crippen molar-refractivity contribution in [3.05, 3.63) is 107 Å². The number of furan rings is 1. The summed E-state index contributed by atoms with van der Waals surface area (Å²) in [5.41, 5.74) is 2.61. The summed E-state index contributed by atoms with van der Waals surface area (Å²) < 4.78 is 20.9. The zero-order valence-corrected chi connectivity index (χ0v) is 18.6. The lowest BCUT2D eigenvalue weighted by atomic mass is 10.0. The van der Waals surface area contributed by atoms with Gasteiger partial charge >= 0.3 is 0 Å². The molecule has 0 bridgehead atoms. The van der Waals surface area contributed by atoms with E-state index < -0.39 is 0 Å². The summed E-state index contributed by atoms with van der Waals surface area (Å²) in [4.78, 5) is 6.49. The van der Waals surface area contributed by atoms with E-state index in [-0.39, 0.29) is 17.9 Å². The molecule has 0 radical (unpaired) electrons. The first kappa shape index (κ1) is 19.9. The van der Waals surface area contributed by atoms with Crippen molar-refractivity contribution in [3.63, 3.8) is 0 Å². The fourth-order valence-corrected chi connectivity index (χ4v) is 4.41. The minimum absolute atomic E-state index is 0.220. The van der Waals surface area contributed by atoms with Crippen LogP contribution in [0, 0.1) is 5.82 Å². The molecule has 154 valence electrons. The van der Waals surface area contributed by atoms with Crippen LogP contribution in [0.2, 0.25) is 0 Å². The number of hydrogen-bond donors (Lipinski definition) is 1. The number of pyridine rings is 1. The lowest BCUT2D eigenvalue weighted by Crippen LogP contribution is -2.29. The van der Waals surface area contributed by atoms with Gasteiger partial charge in [0.25, 0.3) is 0 Å². The molecule has 31 heavy (non-hydrogen) atoms. The number of hydrogen-bond acceptors (Lipinski definition) is 3. The number of aromatic nitrogens is 1. The molecule has 0 spiro atoms. The second kappa shape index (κ2) is 8.24. The van der Waals surface area contributed by atoms with Crippen molar-refractivity contribution in [2.75, 3.05) is 4.90 Å². The van der Waals surface area contributed by atoms with Crippen LogP contribution < -0.4 is 10.2 Å². The highest BCUT2D eigenvalue weighted by Gasteiger charge is 2.42. The van der Waals surface area contributed by atoms with Gasteiger partial charge in [0, 0.05) is 21.9 Å². The van der Waals surface area contributed by atoms with Crippen molar-refractivity contribution in [2.45, 2.75) is 12.1 Å². The lowest BCUT2D eigenvalue weighted by molar-refractivity contribution is 0.439. The Morgan fingerprint density at radius 3 is 2.45 bits per heavy atom. The van der Waals surface area contributed by atoms with Gasteiger partial charge in [-0.2, -0.15) is 0 Å². The molecule has 1 aliphatic rings. The molecule has 2 aromatic carbocycles. The van der Waals surface area contributed by atoms with Crippen molar-refractivity contribution >= 4 is 38.9 Å². The van der Waals surface area contributed by atoms with Crippen LogP contribution in [0.15, 0.2) is 93.9 Å². The van der Waals surface area contributed by atoms with Gasteiger partial charge in [0.2, 0.25) is 0 Å². The predicted molar refractivity (Wildman–Crippen MR) is 126 cm³/mol. The number of thiocarbonyl (C=S) groups is 1. The van der Waals surface area contributed by atoms with Gasteiger partial charge in [-0.15, -0.1) is 0 Å². The fraction of sp³-hybridized carbons (Fsp3) is 0.0833. The number of rotatable bonds is 4. The topological polar surface area (TPSA) is 41.3 Å². The minimum atomic E-state index is -0.296. The molecule has 0 unspecified atom stereocenters. The number of halogens is 2. The first-order chi connectivity index (χ1) is 15.1. The van der Waals surface area contributed by atoms with Crippen LogP contribution in [0.25, 0.3) is 11.3 Å². The zero-order valence-electron chi connectivity index (χ0n) is 16.2. The zero-order chi connectivity index (χ0) is 21.4. The smallest absolute Gasteiger partial charge is 0.174 e. The quantitative estimate of drug-likeness (QED) is 0.332. The number of nitrogens with one attached hydrogen (secondary N) is 1. The monoisotopic (exact) mass is 493 g/mol. The van der Waals surface area contributed by atoms with Crippen LogP contribution >= 0.6 is 28.1 Å². The Kier molecular flexibility index (Phi) is 5.29. The number of anilines is 1. The summed E-state index contributed by atoms with van der Waals surface area (Å²) >= 11 is 9.13. The van der Waals surface area contributed by atoms with Crippen LogP contribution in [0.1, 0.15) is 23.5 Å². The van der Waals surface area contributed by atoms with Gasteiger partial charge in [0.15, 0.2) is 5.11 Å². The molecule has 4 aromatic rings. The second-order valence-electron chi connectivity index (χ2n) is 7.18. The average molecular weight is 494 g/mol.